The molecule has 1 heterocycles. The van der Waals surface area contributed by atoms with E-state index in [4.69, 9.17) is 11.6 Å². The van der Waals surface area contributed by atoms with Gasteiger partial charge >= 0.3 is 0 Å². The van der Waals surface area contributed by atoms with Gasteiger partial charge in [-0.05, 0) is 30.2 Å². The van der Waals surface area contributed by atoms with E-state index in [9.17, 15) is 4.79 Å². The third-order valence-electron chi connectivity index (χ3n) is 1.20. The molecule has 1 aromatic heterocycles. The summed E-state index contributed by atoms with van der Waals surface area (Å²) in [6.45, 7) is 1.79. The van der Waals surface area contributed by atoms with E-state index in [1.807, 2.05) is 0 Å². The van der Waals surface area contributed by atoms with Gasteiger partial charge in [0.1, 0.15) is 5.69 Å². The van der Waals surface area contributed by atoms with Gasteiger partial charge in [0.2, 0.25) is 0 Å². The summed E-state index contributed by atoms with van der Waals surface area (Å²) >= 11 is 5.21. The number of pyridine rings is 1. The standard InChI is InChI=1S/C7H6ClNO.ClH/c1-5-3-2-4-9-6(5)7(8)10;/h2-4H,1H3;1H. The van der Waals surface area contributed by atoms with Crippen molar-refractivity contribution in [2.24, 2.45) is 0 Å². The summed E-state index contributed by atoms with van der Waals surface area (Å²) in [5.74, 6) is 0. The van der Waals surface area contributed by atoms with E-state index in [-0.39, 0.29) is 12.4 Å². The van der Waals surface area contributed by atoms with Crippen molar-refractivity contribution in [1.29, 1.82) is 0 Å². The Morgan fingerprint density at radius 2 is 2.27 bits per heavy atom. The first-order chi connectivity index (χ1) is 4.72. The summed E-state index contributed by atoms with van der Waals surface area (Å²) in [5, 5.41) is -0.502. The number of hydrogen-bond acceptors (Lipinski definition) is 2. The smallest absolute Gasteiger partial charge is 0.271 e. The maximum Gasteiger partial charge on any atom is 0.271 e. The van der Waals surface area contributed by atoms with Crippen molar-refractivity contribution < 1.29 is 4.79 Å². The maximum absolute atomic E-state index is 10.6. The first-order valence-corrected chi connectivity index (χ1v) is 3.21. The van der Waals surface area contributed by atoms with E-state index in [1.54, 1.807) is 25.3 Å². The highest BCUT2D eigenvalue weighted by Crippen LogP contribution is 2.05. The molecule has 2 nitrogen and oxygen atoms in total. The molecule has 11 heavy (non-hydrogen) atoms. The van der Waals surface area contributed by atoms with Crippen LogP contribution < -0.4 is 0 Å². The van der Waals surface area contributed by atoms with Crippen molar-refractivity contribution in [3.8, 4) is 0 Å². The van der Waals surface area contributed by atoms with E-state index in [1.165, 1.54) is 0 Å². The van der Waals surface area contributed by atoms with Crippen LogP contribution in [0.3, 0.4) is 0 Å². The topological polar surface area (TPSA) is 30.0 Å². The Bertz CT molecular complexity index is 262. The lowest BCUT2D eigenvalue weighted by atomic mass is 10.2. The van der Waals surface area contributed by atoms with Crippen molar-refractivity contribution in [3.63, 3.8) is 0 Å². The van der Waals surface area contributed by atoms with E-state index in [0.29, 0.717) is 5.69 Å². The minimum atomic E-state index is -0.502. The summed E-state index contributed by atoms with van der Waals surface area (Å²) in [5.41, 5.74) is 1.15. The minimum absolute atomic E-state index is 0. The SMILES string of the molecule is Cc1cccnc1C(=O)Cl.Cl. The van der Waals surface area contributed by atoms with Crippen molar-refractivity contribution in [3.05, 3.63) is 29.6 Å². The molecule has 0 fully saturated rings. The van der Waals surface area contributed by atoms with Crippen molar-refractivity contribution in [2.45, 2.75) is 6.92 Å². The number of carbonyl (C=O) groups is 1. The molecule has 0 N–H and O–H groups in total. The van der Waals surface area contributed by atoms with Gasteiger partial charge in [-0.2, -0.15) is 0 Å². The minimum Gasteiger partial charge on any atom is -0.274 e. The molecule has 60 valence electrons. The number of carbonyl (C=O) groups excluding carboxylic acids is 1. The zero-order valence-electron chi connectivity index (χ0n) is 5.87. The molecule has 1 aromatic rings. The number of aromatic nitrogens is 1. The average Bonchev–Trinajstić information content (AvgIpc) is 1.88. The lowest BCUT2D eigenvalue weighted by Crippen LogP contribution is -1.95. The van der Waals surface area contributed by atoms with E-state index < -0.39 is 5.24 Å². The number of hydrogen-bond donors (Lipinski definition) is 0. The third kappa shape index (κ3) is 2.48. The quantitative estimate of drug-likeness (QED) is 0.638. The lowest BCUT2D eigenvalue weighted by Gasteiger charge is -1.94. The second kappa shape index (κ2) is 4.31. The second-order valence-corrected chi connectivity index (χ2v) is 2.29. The Labute approximate surface area is 76.0 Å². The number of nitrogens with zero attached hydrogens (tertiary/aromatic N) is 1. The molecule has 0 aromatic carbocycles. The molecule has 0 aliphatic rings. The van der Waals surface area contributed by atoms with Gasteiger partial charge in [0.25, 0.3) is 5.24 Å². The molecular weight excluding hydrogens is 185 g/mol. The average molecular weight is 192 g/mol. The van der Waals surface area contributed by atoms with Gasteiger partial charge in [-0.15, -0.1) is 12.4 Å². The predicted octanol–water partition coefficient (Wildman–Crippen LogP) is 2.19. The van der Waals surface area contributed by atoms with Crippen LogP contribution in [0.15, 0.2) is 18.3 Å². The Morgan fingerprint density at radius 3 is 2.64 bits per heavy atom. The van der Waals surface area contributed by atoms with Crippen LogP contribution >= 0.6 is 24.0 Å². The highest BCUT2D eigenvalue weighted by atomic mass is 35.5. The summed E-state index contributed by atoms with van der Waals surface area (Å²) in [6.07, 6.45) is 1.54. The van der Waals surface area contributed by atoms with Crippen LogP contribution in [0.5, 0.6) is 0 Å². The zero-order chi connectivity index (χ0) is 7.56. The molecule has 4 heteroatoms. The van der Waals surface area contributed by atoms with Crippen molar-refractivity contribution in [1.82, 2.24) is 4.98 Å². The van der Waals surface area contributed by atoms with Crippen LogP contribution in [0.4, 0.5) is 0 Å². The Hall–Kier alpha value is -0.600. The van der Waals surface area contributed by atoms with Crippen LogP contribution in [-0.2, 0) is 0 Å². The van der Waals surface area contributed by atoms with Gasteiger partial charge < -0.3 is 0 Å². The van der Waals surface area contributed by atoms with E-state index in [0.717, 1.165) is 5.56 Å². The molecule has 0 aliphatic carbocycles. The molecule has 0 radical (unpaired) electrons. The first kappa shape index (κ1) is 10.4. The van der Waals surface area contributed by atoms with Gasteiger partial charge in [0.05, 0.1) is 0 Å². The van der Waals surface area contributed by atoms with E-state index >= 15 is 0 Å². The Kier molecular flexibility index (Phi) is 4.08. The van der Waals surface area contributed by atoms with Crippen molar-refractivity contribution in [2.75, 3.05) is 0 Å². The van der Waals surface area contributed by atoms with Crippen LogP contribution in [-0.4, -0.2) is 10.2 Å². The van der Waals surface area contributed by atoms with Crippen LogP contribution in [0.2, 0.25) is 0 Å². The molecule has 0 bridgehead atoms. The number of halogens is 2. The van der Waals surface area contributed by atoms with Gasteiger partial charge in [0, 0.05) is 6.20 Å². The fourth-order valence-electron chi connectivity index (χ4n) is 0.691. The first-order valence-electron chi connectivity index (χ1n) is 2.83. The summed E-state index contributed by atoms with van der Waals surface area (Å²) in [6, 6.07) is 3.56. The second-order valence-electron chi connectivity index (χ2n) is 1.94. The lowest BCUT2D eigenvalue weighted by molar-refractivity contribution is 0.107. The molecule has 0 saturated carbocycles. The molecule has 0 atom stereocenters. The zero-order valence-corrected chi connectivity index (χ0v) is 7.45. The summed E-state index contributed by atoms with van der Waals surface area (Å²) < 4.78 is 0. The van der Waals surface area contributed by atoms with Gasteiger partial charge in [0.15, 0.2) is 0 Å². The Morgan fingerprint density at radius 1 is 1.64 bits per heavy atom. The third-order valence-corrected chi connectivity index (χ3v) is 1.37. The number of aryl methyl sites for hydroxylation is 1. The molecule has 1 rings (SSSR count). The molecule has 0 aliphatic heterocycles. The van der Waals surface area contributed by atoms with Crippen LogP contribution in [0.1, 0.15) is 16.1 Å². The monoisotopic (exact) mass is 191 g/mol. The summed E-state index contributed by atoms with van der Waals surface area (Å²) in [7, 11) is 0. The highest BCUT2D eigenvalue weighted by molar-refractivity contribution is 6.67. The molecule has 0 spiro atoms. The fraction of sp³-hybridized carbons (Fsp3) is 0.143. The fourth-order valence-corrected chi connectivity index (χ4v) is 0.889. The molecule has 0 unspecified atom stereocenters. The van der Waals surface area contributed by atoms with E-state index in [2.05, 4.69) is 4.98 Å². The highest BCUT2D eigenvalue weighted by Gasteiger charge is 2.04. The maximum atomic E-state index is 10.6. The van der Waals surface area contributed by atoms with Crippen molar-refractivity contribution >= 4 is 29.3 Å². The number of rotatable bonds is 1. The normalized spacial score (nSPS) is 8.55. The van der Waals surface area contributed by atoms with Crippen LogP contribution in [0, 0.1) is 6.92 Å². The molecule has 0 amide bonds. The molecule has 0 saturated heterocycles. The van der Waals surface area contributed by atoms with Gasteiger partial charge in [-0.3, -0.25) is 9.78 Å². The Balaban J connectivity index is 0.000001000. The van der Waals surface area contributed by atoms with Crippen LogP contribution in [0.25, 0.3) is 0 Å². The summed E-state index contributed by atoms with van der Waals surface area (Å²) in [4.78, 5) is 14.4. The van der Waals surface area contributed by atoms with Gasteiger partial charge in [-0.25, -0.2) is 0 Å². The van der Waals surface area contributed by atoms with Gasteiger partial charge in [-0.1, -0.05) is 6.07 Å². The predicted molar refractivity (Wildman–Crippen MR) is 46.4 cm³/mol. The molecular formula is C7H7Cl2NO. The largest absolute Gasteiger partial charge is 0.274 e.